The molecule has 1 N–H and O–H groups in total. The zero-order chi connectivity index (χ0) is 12.1. The van der Waals surface area contributed by atoms with Crippen molar-refractivity contribution in [3.63, 3.8) is 0 Å². The van der Waals surface area contributed by atoms with Crippen LogP contribution in [0.25, 0.3) is 0 Å². The van der Waals surface area contributed by atoms with Gasteiger partial charge in [0.1, 0.15) is 0 Å². The topological polar surface area (TPSA) is 15.3 Å². The molecule has 0 bridgehead atoms. The lowest BCUT2D eigenvalue weighted by Gasteiger charge is -2.19. The van der Waals surface area contributed by atoms with Crippen molar-refractivity contribution in [1.82, 2.24) is 10.4 Å². The second-order valence-corrected chi connectivity index (χ2v) is 2.63. The molecule has 0 saturated heterocycles. The van der Waals surface area contributed by atoms with E-state index in [9.17, 15) is 0 Å². The first-order valence-corrected chi connectivity index (χ1v) is 5.76. The summed E-state index contributed by atoms with van der Waals surface area (Å²) in [6.07, 6.45) is 10.1. The largest absolute Gasteiger partial charge is 0.285 e. The summed E-state index contributed by atoms with van der Waals surface area (Å²) in [4.78, 5) is 0. The molecule has 0 aliphatic heterocycles. The molecule has 0 atom stereocenters. The van der Waals surface area contributed by atoms with Gasteiger partial charge < -0.3 is 0 Å². The summed E-state index contributed by atoms with van der Waals surface area (Å²) in [5, 5.41) is 1.96. The van der Waals surface area contributed by atoms with E-state index in [0.29, 0.717) is 0 Å². The third kappa shape index (κ3) is 8.01. The van der Waals surface area contributed by atoms with Gasteiger partial charge in [-0.3, -0.25) is 5.01 Å². The van der Waals surface area contributed by atoms with E-state index >= 15 is 0 Å². The molecule has 15 heavy (non-hydrogen) atoms. The fraction of sp³-hybridized carbons (Fsp3) is 0.538. The van der Waals surface area contributed by atoms with Crippen LogP contribution in [0.15, 0.2) is 36.7 Å². The number of nitrogens with zero attached hydrogens (tertiary/aromatic N) is 1. The van der Waals surface area contributed by atoms with E-state index in [1.807, 2.05) is 38.2 Å². The van der Waals surface area contributed by atoms with E-state index in [-0.39, 0.29) is 0 Å². The molecule has 0 aliphatic rings. The summed E-state index contributed by atoms with van der Waals surface area (Å²) in [6.45, 7) is 12.0. The summed E-state index contributed by atoms with van der Waals surface area (Å²) in [5.41, 5.74) is 4.17. The molecule has 0 fully saturated rings. The molecule has 0 aromatic carbocycles. The van der Waals surface area contributed by atoms with Crippen molar-refractivity contribution >= 4 is 0 Å². The van der Waals surface area contributed by atoms with Gasteiger partial charge >= 0.3 is 0 Å². The van der Waals surface area contributed by atoms with E-state index in [0.717, 1.165) is 18.5 Å². The predicted octanol–water partition coefficient (Wildman–Crippen LogP) is 3.85. The maximum Gasteiger partial charge on any atom is 0.0524 e. The molecule has 0 unspecified atom stereocenters. The minimum atomic E-state index is 1.01. The highest BCUT2D eigenvalue weighted by molar-refractivity contribution is 5.16. The first kappa shape index (κ1) is 16.4. The molecule has 0 spiro atoms. The van der Waals surface area contributed by atoms with Crippen LogP contribution in [0.2, 0.25) is 0 Å². The summed E-state index contributed by atoms with van der Waals surface area (Å²) in [6, 6.07) is 0. The Balaban J connectivity index is 0. The average molecular weight is 210 g/mol. The minimum absolute atomic E-state index is 1.01. The maximum absolute atomic E-state index is 3.77. The molecule has 88 valence electrons. The van der Waals surface area contributed by atoms with Crippen LogP contribution in [0.1, 0.15) is 40.5 Å². The summed E-state index contributed by atoms with van der Waals surface area (Å²) >= 11 is 0. The molecule has 0 aliphatic carbocycles. The van der Waals surface area contributed by atoms with Crippen LogP contribution in [0.5, 0.6) is 0 Å². The van der Waals surface area contributed by atoms with Crippen LogP contribution in [0.3, 0.4) is 0 Å². The lowest BCUT2D eigenvalue weighted by atomic mass is 10.3. The number of rotatable bonds is 6. The van der Waals surface area contributed by atoms with Crippen molar-refractivity contribution in [2.75, 3.05) is 7.05 Å². The standard InChI is InChI=1S/C11H20N2.C2H6/c1-5-8-10-13(12-4)11(7-3)9-6-2;1-2/h7-10,12H,3,5-6H2,1-2,4H3;1-2H3/b10-8-,11-9-;. The summed E-state index contributed by atoms with van der Waals surface area (Å²) < 4.78 is 0. The Kier molecular flexibility index (Phi) is 14.2. The maximum atomic E-state index is 3.77. The van der Waals surface area contributed by atoms with Crippen molar-refractivity contribution < 1.29 is 0 Å². The average Bonchev–Trinajstić information content (AvgIpc) is 2.31. The van der Waals surface area contributed by atoms with Gasteiger partial charge in [-0.15, -0.1) is 0 Å². The van der Waals surface area contributed by atoms with Crippen LogP contribution in [0, 0.1) is 0 Å². The van der Waals surface area contributed by atoms with Gasteiger partial charge in [0, 0.05) is 13.2 Å². The molecule has 2 heteroatoms. The zero-order valence-electron chi connectivity index (χ0n) is 10.9. The third-order valence-corrected chi connectivity index (χ3v) is 1.63. The minimum Gasteiger partial charge on any atom is -0.285 e. The molecule has 0 radical (unpaired) electrons. The van der Waals surface area contributed by atoms with Crippen LogP contribution >= 0.6 is 0 Å². The smallest absolute Gasteiger partial charge is 0.0524 e. The fourth-order valence-corrected chi connectivity index (χ4v) is 0.990. The molecular formula is C13H26N2. The second-order valence-electron chi connectivity index (χ2n) is 2.63. The molecule has 2 nitrogen and oxygen atoms in total. The van der Waals surface area contributed by atoms with Crippen molar-refractivity contribution in [2.45, 2.75) is 40.5 Å². The number of allylic oxidation sites excluding steroid dienone is 3. The molecule has 0 saturated carbocycles. The van der Waals surface area contributed by atoms with Crippen LogP contribution in [-0.2, 0) is 0 Å². The van der Waals surface area contributed by atoms with Crippen LogP contribution < -0.4 is 5.43 Å². The number of hydrogen-bond acceptors (Lipinski definition) is 2. The normalized spacial score (nSPS) is 10.9. The molecule has 0 heterocycles. The van der Waals surface area contributed by atoms with E-state index < -0.39 is 0 Å². The fourth-order valence-electron chi connectivity index (χ4n) is 0.990. The molecule has 0 aromatic rings. The Hall–Kier alpha value is -1.02. The van der Waals surface area contributed by atoms with Crippen molar-refractivity contribution in [1.29, 1.82) is 0 Å². The number of hydrogen-bond donors (Lipinski definition) is 1. The Bertz CT molecular complexity index is 193. The van der Waals surface area contributed by atoms with E-state index in [2.05, 4.69) is 38.0 Å². The van der Waals surface area contributed by atoms with Crippen LogP contribution in [-0.4, -0.2) is 12.1 Å². The van der Waals surface area contributed by atoms with E-state index in [1.165, 1.54) is 0 Å². The highest BCUT2D eigenvalue weighted by Crippen LogP contribution is 2.04. The van der Waals surface area contributed by atoms with E-state index in [1.54, 1.807) is 0 Å². The highest BCUT2D eigenvalue weighted by Gasteiger charge is 1.97. The molecule has 0 amide bonds. The zero-order valence-corrected chi connectivity index (χ0v) is 10.9. The van der Waals surface area contributed by atoms with Crippen molar-refractivity contribution in [3.05, 3.63) is 36.7 Å². The van der Waals surface area contributed by atoms with Crippen LogP contribution in [0.4, 0.5) is 0 Å². The lowest BCUT2D eigenvalue weighted by Crippen LogP contribution is -2.28. The SMILES string of the molecule is C=C/C(=C/CC)N(/C=C\CC)NC.CC. The van der Waals surface area contributed by atoms with Gasteiger partial charge in [0.15, 0.2) is 0 Å². The second kappa shape index (κ2) is 13.0. The van der Waals surface area contributed by atoms with Crippen molar-refractivity contribution in [3.8, 4) is 0 Å². The summed E-state index contributed by atoms with van der Waals surface area (Å²) in [5.74, 6) is 0. The first-order valence-electron chi connectivity index (χ1n) is 5.76. The van der Waals surface area contributed by atoms with E-state index in [4.69, 9.17) is 0 Å². The quantitative estimate of drug-likeness (QED) is 0.529. The number of nitrogens with one attached hydrogen (secondary N) is 1. The lowest BCUT2D eigenvalue weighted by molar-refractivity contribution is 0.383. The van der Waals surface area contributed by atoms with Gasteiger partial charge in [-0.25, -0.2) is 5.43 Å². The predicted molar refractivity (Wildman–Crippen MR) is 70.2 cm³/mol. The Morgan fingerprint density at radius 2 is 1.87 bits per heavy atom. The Morgan fingerprint density at radius 1 is 1.27 bits per heavy atom. The first-order chi connectivity index (χ1) is 7.29. The van der Waals surface area contributed by atoms with Gasteiger partial charge in [-0.1, -0.05) is 46.4 Å². The van der Waals surface area contributed by atoms with Gasteiger partial charge in [0.25, 0.3) is 0 Å². The van der Waals surface area contributed by atoms with Crippen molar-refractivity contribution in [2.24, 2.45) is 0 Å². The Labute approximate surface area is 95.3 Å². The highest BCUT2D eigenvalue weighted by atomic mass is 15.5. The van der Waals surface area contributed by atoms with Gasteiger partial charge in [0.05, 0.1) is 5.70 Å². The Morgan fingerprint density at radius 3 is 2.20 bits per heavy atom. The van der Waals surface area contributed by atoms with Gasteiger partial charge in [-0.2, -0.15) is 0 Å². The molecular weight excluding hydrogens is 184 g/mol. The molecule has 0 aromatic heterocycles. The van der Waals surface area contributed by atoms with Gasteiger partial charge in [0.2, 0.25) is 0 Å². The molecule has 0 rings (SSSR count). The monoisotopic (exact) mass is 210 g/mol. The third-order valence-electron chi connectivity index (χ3n) is 1.63. The van der Waals surface area contributed by atoms with Gasteiger partial charge in [-0.05, 0) is 18.9 Å². The summed E-state index contributed by atoms with van der Waals surface area (Å²) in [7, 11) is 1.90. The number of hydrazine groups is 1.